The largest absolute Gasteiger partial charge is 0.342 e. The monoisotopic (exact) mass is 580 g/mol. The minimum atomic E-state index is -4.75. The molecule has 4 amide bonds. The Balaban J connectivity index is 2.64. The molecule has 1 aromatic carbocycles. The van der Waals surface area contributed by atoms with E-state index in [2.05, 4.69) is 21.3 Å². The van der Waals surface area contributed by atoms with Gasteiger partial charge >= 0.3 is 0 Å². The van der Waals surface area contributed by atoms with Gasteiger partial charge in [0.05, 0.1) is 11.7 Å². The van der Waals surface area contributed by atoms with Crippen molar-refractivity contribution in [3.05, 3.63) is 35.9 Å². The standard InChI is InChI=1S/C27H40N4O8S/c1-6-15(3)21-25(34)30-22(16(4)7-2)26(35)31-23(19(17(5)32)14-40(37,38)39)27(36)28-20(24(33)29-21)13-18-11-9-8-10-12-18/h8-12,15-16,19-23H,6-7,13-14H2,1-5H3,(H,28,36)(H,29,33)(H,30,34)(H,31,35)(H,37,38,39). The molecule has 1 aliphatic heterocycles. The Morgan fingerprint density at radius 3 is 1.70 bits per heavy atom. The normalized spacial score (nSPS) is 25.1. The lowest BCUT2D eigenvalue weighted by Gasteiger charge is -2.34. The van der Waals surface area contributed by atoms with Crippen LogP contribution in [0.25, 0.3) is 0 Å². The van der Waals surface area contributed by atoms with Gasteiger partial charge in [-0.3, -0.25) is 28.5 Å². The summed E-state index contributed by atoms with van der Waals surface area (Å²) in [6.45, 7) is 8.17. The molecule has 0 aliphatic carbocycles. The van der Waals surface area contributed by atoms with Crippen molar-refractivity contribution in [1.29, 1.82) is 0 Å². The summed E-state index contributed by atoms with van der Waals surface area (Å²) < 4.78 is 33.0. The summed E-state index contributed by atoms with van der Waals surface area (Å²) >= 11 is 0. The fourth-order valence-electron chi connectivity index (χ4n) is 4.49. The van der Waals surface area contributed by atoms with Crippen LogP contribution in [0.15, 0.2) is 30.3 Å². The van der Waals surface area contributed by atoms with Crippen LogP contribution in [-0.4, -0.2) is 72.3 Å². The molecule has 1 aromatic rings. The zero-order valence-electron chi connectivity index (χ0n) is 23.5. The van der Waals surface area contributed by atoms with Gasteiger partial charge in [0.1, 0.15) is 30.0 Å². The predicted octanol–water partition coefficient (Wildman–Crippen LogP) is 0.367. The first kappa shape index (κ1) is 32.9. The molecule has 1 heterocycles. The molecule has 5 N–H and O–H groups in total. The number of Topliss-reactive ketones (excluding diaryl/α,β-unsaturated/α-hetero) is 1. The molecular weight excluding hydrogens is 540 g/mol. The zero-order chi connectivity index (χ0) is 30.2. The van der Waals surface area contributed by atoms with Crippen molar-refractivity contribution >= 4 is 39.5 Å². The number of benzene rings is 1. The summed E-state index contributed by atoms with van der Waals surface area (Å²) in [5.41, 5.74) is 0.679. The van der Waals surface area contributed by atoms with E-state index in [1.54, 1.807) is 51.1 Å². The van der Waals surface area contributed by atoms with Crippen LogP contribution in [0.3, 0.4) is 0 Å². The highest BCUT2D eigenvalue weighted by molar-refractivity contribution is 7.85. The Hall–Kier alpha value is -3.32. The smallest absolute Gasteiger partial charge is 0.265 e. The van der Waals surface area contributed by atoms with Gasteiger partial charge in [0.2, 0.25) is 23.6 Å². The predicted molar refractivity (Wildman–Crippen MR) is 147 cm³/mol. The number of ketones is 1. The van der Waals surface area contributed by atoms with Crippen molar-refractivity contribution in [2.45, 2.75) is 78.0 Å². The quantitative estimate of drug-likeness (QED) is 0.245. The zero-order valence-corrected chi connectivity index (χ0v) is 24.3. The molecule has 1 saturated heterocycles. The minimum absolute atomic E-state index is 0.00640. The van der Waals surface area contributed by atoms with Crippen molar-refractivity contribution in [2.75, 3.05) is 5.75 Å². The maximum atomic E-state index is 13.6. The molecule has 7 atom stereocenters. The van der Waals surface area contributed by atoms with Crippen LogP contribution in [0.5, 0.6) is 0 Å². The Labute approximate surface area is 235 Å². The van der Waals surface area contributed by atoms with E-state index in [4.69, 9.17) is 0 Å². The van der Waals surface area contributed by atoms with Gasteiger partial charge in [-0.2, -0.15) is 8.42 Å². The number of hydrogen-bond donors (Lipinski definition) is 5. The van der Waals surface area contributed by atoms with E-state index in [9.17, 15) is 36.9 Å². The highest BCUT2D eigenvalue weighted by atomic mass is 32.2. The van der Waals surface area contributed by atoms with E-state index in [1.165, 1.54) is 0 Å². The summed E-state index contributed by atoms with van der Waals surface area (Å²) in [4.78, 5) is 66.6. The molecule has 2 rings (SSSR count). The highest BCUT2D eigenvalue weighted by Crippen LogP contribution is 2.17. The van der Waals surface area contributed by atoms with Crippen LogP contribution in [0.4, 0.5) is 0 Å². The van der Waals surface area contributed by atoms with Crippen molar-refractivity contribution in [2.24, 2.45) is 17.8 Å². The number of amides is 4. The molecule has 12 nitrogen and oxygen atoms in total. The van der Waals surface area contributed by atoms with Crippen LogP contribution in [0.2, 0.25) is 0 Å². The first-order chi connectivity index (χ1) is 18.7. The Morgan fingerprint density at radius 2 is 1.25 bits per heavy atom. The first-order valence-corrected chi connectivity index (χ1v) is 15.0. The second-order valence-electron chi connectivity index (χ2n) is 10.4. The molecule has 0 spiro atoms. The number of carbonyl (C=O) groups excluding carboxylic acids is 5. The van der Waals surface area contributed by atoms with Gasteiger partial charge in [0, 0.05) is 6.42 Å². The molecule has 0 aromatic heterocycles. The average molecular weight is 581 g/mol. The lowest BCUT2D eigenvalue weighted by atomic mass is 9.92. The van der Waals surface area contributed by atoms with Gasteiger partial charge in [0.25, 0.3) is 10.1 Å². The van der Waals surface area contributed by atoms with E-state index in [-0.39, 0.29) is 12.3 Å². The van der Waals surface area contributed by atoms with E-state index in [0.29, 0.717) is 18.4 Å². The summed E-state index contributed by atoms with van der Waals surface area (Å²) in [5.74, 6) is -7.37. The fourth-order valence-corrected chi connectivity index (χ4v) is 5.37. The molecule has 40 heavy (non-hydrogen) atoms. The molecular formula is C27H40N4O8S. The van der Waals surface area contributed by atoms with Crippen molar-refractivity contribution in [1.82, 2.24) is 21.3 Å². The molecule has 0 bridgehead atoms. The molecule has 1 aliphatic rings. The van der Waals surface area contributed by atoms with Crippen LogP contribution in [0.1, 0.15) is 53.0 Å². The van der Waals surface area contributed by atoms with Gasteiger partial charge < -0.3 is 21.3 Å². The number of rotatable bonds is 10. The van der Waals surface area contributed by atoms with Crippen molar-refractivity contribution < 1.29 is 36.9 Å². The summed E-state index contributed by atoms with van der Waals surface area (Å²) in [5, 5.41) is 10.4. The van der Waals surface area contributed by atoms with Crippen molar-refractivity contribution in [3.63, 3.8) is 0 Å². The van der Waals surface area contributed by atoms with Gasteiger partial charge in [-0.25, -0.2) is 0 Å². The molecule has 1 fully saturated rings. The lowest BCUT2D eigenvalue weighted by molar-refractivity contribution is -0.139. The van der Waals surface area contributed by atoms with E-state index < -0.39 is 81.3 Å². The first-order valence-electron chi connectivity index (χ1n) is 13.4. The average Bonchev–Trinajstić information content (AvgIpc) is 2.89. The van der Waals surface area contributed by atoms with Gasteiger partial charge in [-0.05, 0) is 24.3 Å². The second kappa shape index (κ2) is 14.4. The Morgan fingerprint density at radius 1 is 0.800 bits per heavy atom. The third-order valence-electron chi connectivity index (χ3n) is 7.40. The van der Waals surface area contributed by atoms with Gasteiger partial charge in [-0.15, -0.1) is 0 Å². The van der Waals surface area contributed by atoms with Crippen molar-refractivity contribution in [3.8, 4) is 0 Å². The topological polar surface area (TPSA) is 188 Å². The van der Waals surface area contributed by atoms with Crippen LogP contribution >= 0.6 is 0 Å². The Kier molecular flexibility index (Phi) is 11.8. The number of carbonyl (C=O) groups is 5. The van der Waals surface area contributed by atoms with E-state index >= 15 is 0 Å². The third kappa shape index (κ3) is 9.12. The van der Waals surface area contributed by atoms with Gasteiger partial charge in [0.15, 0.2) is 0 Å². The molecule has 7 unspecified atom stereocenters. The molecule has 13 heteroatoms. The lowest BCUT2D eigenvalue weighted by Crippen LogP contribution is -2.65. The number of nitrogens with one attached hydrogen (secondary N) is 4. The SMILES string of the molecule is CCC(C)C1NC(=O)C(Cc2ccccc2)NC(=O)C(C(CS(=O)(=O)O)C(C)=O)NC(=O)C(C(C)CC)NC1=O. The van der Waals surface area contributed by atoms with Crippen LogP contribution in [-0.2, 0) is 40.5 Å². The highest BCUT2D eigenvalue weighted by Gasteiger charge is 2.41. The third-order valence-corrected chi connectivity index (χ3v) is 8.18. The molecule has 222 valence electrons. The fraction of sp³-hybridized carbons (Fsp3) is 0.593. The van der Waals surface area contributed by atoms with E-state index in [1.807, 2.05) is 6.92 Å². The maximum Gasteiger partial charge on any atom is 0.265 e. The molecule has 0 saturated carbocycles. The minimum Gasteiger partial charge on any atom is -0.342 e. The summed E-state index contributed by atoms with van der Waals surface area (Å²) in [6.07, 6.45) is 0.995. The summed E-state index contributed by atoms with van der Waals surface area (Å²) in [7, 11) is -4.75. The second-order valence-corrected chi connectivity index (χ2v) is 11.9. The van der Waals surface area contributed by atoms with Crippen LogP contribution < -0.4 is 21.3 Å². The molecule has 0 radical (unpaired) electrons. The van der Waals surface area contributed by atoms with E-state index in [0.717, 1.165) is 6.92 Å². The van der Waals surface area contributed by atoms with Gasteiger partial charge in [-0.1, -0.05) is 70.9 Å². The number of hydrogen-bond acceptors (Lipinski definition) is 7. The maximum absolute atomic E-state index is 13.6. The summed E-state index contributed by atoms with van der Waals surface area (Å²) in [6, 6.07) is 3.58. The van der Waals surface area contributed by atoms with Crippen LogP contribution in [0, 0.1) is 17.8 Å². The Bertz CT molecular complexity index is 1190.